The summed E-state index contributed by atoms with van der Waals surface area (Å²) in [5.74, 6) is 0. The van der Waals surface area contributed by atoms with Crippen LogP contribution in [0, 0.1) is 0 Å². The number of pyridine rings is 2. The van der Waals surface area contributed by atoms with E-state index in [1.165, 1.54) is 10.1 Å². The van der Waals surface area contributed by atoms with Gasteiger partial charge in [0.15, 0.2) is 0 Å². The molecule has 0 unspecified atom stereocenters. The molecule has 0 aromatic carbocycles. The highest BCUT2D eigenvalue weighted by Crippen LogP contribution is 2.24. The fourth-order valence-corrected chi connectivity index (χ4v) is 2.56. The highest BCUT2D eigenvalue weighted by Gasteiger charge is 2.01. The minimum Gasteiger partial charge on any atom is -0.283 e. The molecule has 0 saturated heterocycles. The van der Waals surface area contributed by atoms with Gasteiger partial charge in [-0.25, -0.2) is 0 Å². The number of fused-ring (bicyclic) bond motifs is 3. The summed E-state index contributed by atoms with van der Waals surface area (Å²) >= 11 is 1.67. The van der Waals surface area contributed by atoms with Gasteiger partial charge in [0.1, 0.15) is 0 Å². The van der Waals surface area contributed by atoms with Crippen molar-refractivity contribution < 1.29 is 0 Å². The highest BCUT2D eigenvalue weighted by atomic mass is 32.1. The molecule has 3 aromatic rings. The molecule has 3 heterocycles. The van der Waals surface area contributed by atoms with Gasteiger partial charge < -0.3 is 0 Å². The molecule has 0 saturated carbocycles. The summed E-state index contributed by atoms with van der Waals surface area (Å²) in [6, 6.07) is 9.39. The minimum atomic E-state index is 0.0257. The topological polar surface area (TPSA) is 21.5 Å². The van der Waals surface area contributed by atoms with Crippen molar-refractivity contribution in [2.75, 3.05) is 0 Å². The molecule has 68 valence electrons. The Bertz CT molecular complexity index is 665. The van der Waals surface area contributed by atoms with E-state index >= 15 is 0 Å². The molecule has 0 bridgehead atoms. The Balaban J connectivity index is 2.71. The van der Waals surface area contributed by atoms with E-state index in [4.69, 9.17) is 0 Å². The second-order valence-electron chi connectivity index (χ2n) is 3.14. The quantitative estimate of drug-likeness (QED) is 0.547. The molecule has 14 heavy (non-hydrogen) atoms. The van der Waals surface area contributed by atoms with Crippen LogP contribution in [0.5, 0.6) is 0 Å². The zero-order valence-electron chi connectivity index (χ0n) is 7.31. The van der Waals surface area contributed by atoms with Crippen molar-refractivity contribution in [1.82, 2.24) is 4.40 Å². The zero-order chi connectivity index (χ0) is 9.54. The first kappa shape index (κ1) is 7.76. The van der Waals surface area contributed by atoms with Crippen LogP contribution in [0.2, 0.25) is 0 Å². The third kappa shape index (κ3) is 0.930. The van der Waals surface area contributed by atoms with Gasteiger partial charge in [-0.3, -0.25) is 9.20 Å². The summed E-state index contributed by atoms with van der Waals surface area (Å²) in [6.07, 6.45) is 1.83. The van der Waals surface area contributed by atoms with Crippen molar-refractivity contribution in [3.8, 4) is 0 Å². The van der Waals surface area contributed by atoms with Gasteiger partial charge in [0.2, 0.25) is 0 Å². The molecular formula is C11H7NOS. The van der Waals surface area contributed by atoms with Crippen LogP contribution < -0.4 is 5.56 Å². The minimum absolute atomic E-state index is 0.0257. The van der Waals surface area contributed by atoms with Crippen molar-refractivity contribution in [1.29, 1.82) is 0 Å². The Morgan fingerprint density at radius 2 is 2.07 bits per heavy atom. The summed E-state index contributed by atoms with van der Waals surface area (Å²) < 4.78 is 2.85. The molecule has 0 fully saturated rings. The Labute approximate surface area is 84.0 Å². The number of aromatic nitrogens is 1. The highest BCUT2D eigenvalue weighted by molar-refractivity contribution is 7.18. The fourth-order valence-electron chi connectivity index (χ4n) is 1.65. The lowest BCUT2D eigenvalue weighted by atomic mass is 10.3. The van der Waals surface area contributed by atoms with Gasteiger partial charge in [0, 0.05) is 12.3 Å². The first-order valence-corrected chi connectivity index (χ1v) is 5.22. The van der Waals surface area contributed by atoms with E-state index in [-0.39, 0.29) is 5.56 Å². The summed E-state index contributed by atoms with van der Waals surface area (Å²) in [7, 11) is 0. The van der Waals surface area contributed by atoms with E-state index in [2.05, 4.69) is 6.07 Å². The predicted octanol–water partition coefficient (Wildman–Crippen LogP) is 2.51. The molecule has 3 rings (SSSR count). The van der Waals surface area contributed by atoms with Crippen LogP contribution in [0.1, 0.15) is 0 Å². The monoisotopic (exact) mass is 201 g/mol. The van der Waals surface area contributed by atoms with Crippen LogP contribution in [0.3, 0.4) is 0 Å². The van der Waals surface area contributed by atoms with Crippen LogP contribution in [-0.4, -0.2) is 4.40 Å². The molecule has 0 aliphatic rings. The van der Waals surface area contributed by atoms with Gasteiger partial charge in [-0.15, -0.1) is 11.3 Å². The third-order valence-corrected chi connectivity index (χ3v) is 3.27. The van der Waals surface area contributed by atoms with Crippen LogP contribution in [0.4, 0.5) is 0 Å². The molecule has 0 aliphatic heterocycles. The lowest BCUT2D eigenvalue weighted by molar-refractivity contribution is 1.11. The Kier molecular flexibility index (Phi) is 1.49. The average Bonchev–Trinajstić information content (AvgIpc) is 2.66. The standard InChI is InChI=1S/C11H7NOS/c13-10-3-1-2-9-11-8(5-7-14-11)4-6-12(9)10/h1-7H. The Hall–Kier alpha value is -1.61. The molecule has 3 aromatic heterocycles. The predicted molar refractivity (Wildman–Crippen MR) is 59.1 cm³/mol. The van der Waals surface area contributed by atoms with Crippen LogP contribution in [0.15, 0.2) is 46.7 Å². The molecule has 0 amide bonds. The van der Waals surface area contributed by atoms with Crippen molar-refractivity contribution in [3.63, 3.8) is 0 Å². The Morgan fingerprint density at radius 3 is 3.00 bits per heavy atom. The Morgan fingerprint density at radius 1 is 1.14 bits per heavy atom. The lowest BCUT2D eigenvalue weighted by Crippen LogP contribution is -2.10. The van der Waals surface area contributed by atoms with Crippen molar-refractivity contribution in [2.24, 2.45) is 0 Å². The van der Waals surface area contributed by atoms with Gasteiger partial charge >= 0.3 is 0 Å². The second-order valence-corrected chi connectivity index (χ2v) is 4.06. The van der Waals surface area contributed by atoms with Crippen molar-refractivity contribution >= 4 is 26.9 Å². The maximum atomic E-state index is 11.5. The van der Waals surface area contributed by atoms with E-state index in [1.54, 1.807) is 27.9 Å². The van der Waals surface area contributed by atoms with Crippen LogP contribution in [-0.2, 0) is 0 Å². The molecular weight excluding hydrogens is 194 g/mol. The SMILES string of the molecule is O=c1cccc2c3sccc3ccn12. The molecule has 0 spiro atoms. The van der Waals surface area contributed by atoms with Crippen molar-refractivity contribution in [3.05, 3.63) is 52.3 Å². The largest absolute Gasteiger partial charge is 0.283 e. The van der Waals surface area contributed by atoms with Gasteiger partial charge in [-0.05, 0) is 29.0 Å². The van der Waals surface area contributed by atoms with Crippen molar-refractivity contribution in [2.45, 2.75) is 0 Å². The van der Waals surface area contributed by atoms with E-state index < -0.39 is 0 Å². The third-order valence-electron chi connectivity index (χ3n) is 2.32. The second kappa shape index (κ2) is 2.69. The first-order valence-electron chi connectivity index (χ1n) is 4.34. The van der Waals surface area contributed by atoms with Crippen LogP contribution >= 0.6 is 11.3 Å². The van der Waals surface area contributed by atoms with E-state index in [1.807, 2.05) is 23.7 Å². The number of nitrogens with zero attached hydrogens (tertiary/aromatic N) is 1. The number of hydrogen-bond acceptors (Lipinski definition) is 2. The fraction of sp³-hybridized carbons (Fsp3) is 0. The molecule has 3 heteroatoms. The summed E-state index contributed by atoms with van der Waals surface area (Å²) in [6.45, 7) is 0. The van der Waals surface area contributed by atoms with Gasteiger partial charge in [-0.2, -0.15) is 0 Å². The number of hydrogen-bond donors (Lipinski definition) is 0. The van der Waals surface area contributed by atoms with E-state index in [9.17, 15) is 4.79 Å². The molecule has 0 radical (unpaired) electrons. The average molecular weight is 201 g/mol. The van der Waals surface area contributed by atoms with Gasteiger partial charge in [-0.1, -0.05) is 6.07 Å². The molecule has 0 aliphatic carbocycles. The molecule has 0 N–H and O–H groups in total. The number of thiophene rings is 1. The number of rotatable bonds is 0. The normalized spacial score (nSPS) is 11.1. The van der Waals surface area contributed by atoms with E-state index in [0.29, 0.717) is 0 Å². The van der Waals surface area contributed by atoms with Gasteiger partial charge in [0.05, 0.1) is 10.2 Å². The summed E-state index contributed by atoms with van der Waals surface area (Å²) in [4.78, 5) is 11.5. The maximum absolute atomic E-state index is 11.5. The molecule has 2 nitrogen and oxygen atoms in total. The smallest absolute Gasteiger partial charge is 0.255 e. The maximum Gasteiger partial charge on any atom is 0.255 e. The van der Waals surface area contributed by atoms with Crippen LogP contribution in [0.25, 0.3) is 15.6 Å². The lowest BCUT2D eigenvalue weighted by Gasteiger charge is -1.99. The van der Waals surface area contributed by atoms with E-state index in [0.717, 1.165) is 5.52 Å². The zero-order valence-corrected chi connectivity index (χ0v) is 8.12. The summed E-state index contributed by atoms with van der Waals surface area (Å²) in [5, 5.41) is 3.24. The first-order chi connectivity index (χ1) is 6.86. The van der Waals surface area contributed by atoms with Gasteiger partial charge in [0.25, 0.3) is 5.56 Å². The summed E-state index contributed by atoms with van der Waals surface area (Å²) in [5.41, 5.74) is 1.02. The molecule has 0 atom stereocenters.